The van der Waals surface area contributed by atoms with Gasteiger partial charge in [-0.1, -0.05) is 48.0 Å². The lowest BCUT2D eigenvalue weighted by Gasteiger charge is -2.17. The summed E-state index contributed by atoms with van der Waals surface area (Å²) in [6.45, 7) is 0. The fourth-order valence-electron chi connectivity index (χ4n) is 2.37. The van der Waals surface area contributed by atoms with E-state index < -0.39 is 5.41 Å². The van der Waals surface area contributed by atoms with E-state index in [9.17, 15) is 4.79 Å². The number of amides is 1. The van der Waals surface area contributed by atoms with Gasteiger partial charge >= 0.3 is 0 Å². The van der Waals surface area contributed by atoms with Crippen molar-refractivity contribution in [3.8, 4) is 0 Å². The first-order chi connectivity index (χ1) is 9.22. The number of carbonyl (C=O) groups excluding carboxylic acids is 1. The SMILES string of the molecule is O=C(Nc1ccccc1)C1(c2ccccc2Cl)CC1. The lowest BCUT2D eigenvalue weighted by Crippen LogP contribution is -2.28. The highest BCUT2D eigenvalue weighted by atomic mass is 35.5. The van der Waals surface area contributed by atoms with Gasteiger partial charge in [-0.3, -0.25) is 4.79 Å². The van der Waals surface area contributed by atoms with Crippen molar-refractivity contribution in [3.63, 3.8) is 0 Å². The highest BCUT2D eigenvalue weighted by molar-refractivity contribution is 6.32. The molecular weight excluding hydrogens is 258 g/mol. The second-order valence-corrected chi connectivity index (χ2v) is 5.29. The van der Waals surface area contributed by atoms with Gasteiger partial charge in [0.15, 0.2) is 0 Å². The number of nitrogens with one attached hydrogen (secondary N) is 1. The van der Waals surface area contributed by atoms with Gasteiger partial charge < -0.3 is 5.32 Å². The maximum absolute atomic E-state index is 12.5. The molecule has 1 saturated carbocycles. The Balaban J connectivity index is 1.86. The number of para-hydroxylation sites is 1. The van der Waals surface area contributed by atoms with Crippen molar-refractivity contribution in [2.24, 2.45) is 0 Å². The van der Waals surface area contributed by atoms with Gasteiger partial charge in [-0.2, -0.15) is 0 Å². The van der Waals surface area contributed by atoms with Crippen LogP contribution in [0.1, 0.15) is 18.4 Å². The molecule has 0 radical (unpaired) electrons. The van der Waals surface area contributed by atoms with Crippen molar-refractivity contribution in [1.29, 1.82) is 0 Å². The van der Waals surface area contributed by atoms with Crippen LogP contribution in [-0.2, 0) is 10.2 Å². The number of hydrogen-bond acceptors (Lipinski definition) is 1. The number of rotatable bonds is 3. The summed E-state index contributed by atoms with van der Waals surface area (Å²) in [5.41, 5.74) is 1.32. The Kier molecular flexibility index (Phi) is 3.03. The Morgan fingerprint density at radius 2 is 1.63 bits per heavy atom. The number of benzene rings is 2. The third-order valence-electron chi connectivity index (χ3n) is 3.61. The van der Waals surface area contributed by atoms with E-state index in [2.05, 4.69) is 5.32 Å². The maximum Gasteiger partial charge on any atom is 0.235 e. The molecule has 2 aromatic carbocycles. The minimum atomic E-state index is -0.436. The maximum atomic E-state index is 12.5. The molecule has 1 N–H and O–H groups in total. The molecule has 1 aliphatic rings. The molecule has 1 aliphatic carbocycles. The highest BCUT2D eigenvalue weighted by Crippen LogP contribution is 2.51. The summed E-state index contributed by atoms with van der Waals surface area (Å²) in [4.78, 5) is 12.5. The van der Waals surface area contributed by atoms with Gasteiger partial charge in [-0.05, 0) is 36.6 Å². The first-order valence-electron chi connectivity index (χ1n) is 6.34. The summed E-state index contributed by atoms with van der Waals surface area (Å²) >= 11 is 6.22. The summed E-state index contributed by atoms with van der Waals surface area (Å²) < 4.78 is 0. The van der Waals surface area contributed by atoms with E-state index in [0.29, 0.717) is 5.02 Å². The second-order valence-electron chi connectivity index (χ2n) is 4.88. The van der Waals surface area contributed by atoms with Crippen molar-refractivity contribution < 1.29 is 4.79 Å². The summed E-state index contributed by atoms with van der Waals surface area (Å²) in [5.74, 6) is 0.0341. The van der Waals surface area contributed by atoms with Gasteiger partial charge in [-0.25, -0.2) is 0 Å². The van der Waals surface area contributed by atoms with Gasteiger partial charge in [0.1, 0.15) is 0 Å². The third kappa shape index (κ3) is 2.24. The molecule has 0 unspecified atom stereocenters. The molecule has 0 spiro atoms. The second kappa shape index (κ2) is 4.71. The molecule has 0 bridgehead atoms. The smallest absolute Gasteiger partial charge is 0.235 e. The average Bonchev–Trinajstić information content (AvgIpc) is 3.22. The van der Waals surface area contributed by atoms with Gasteiger partial charge in [0.2, 0.25) is 5.91 Å². The molecule has 1 amide bonds. The predicted octanol–water partition coefficient (Wildman–Crippen LogP) is 4.01. The molecule has 0 aromatic heterocycles. The number of halogens is 1. The minimum absolute atomic E-state index is 0.0341. The topological polar surface area (TPSA) is 29.1 Å². The van der Waals surface area contributed by atoms with Crippen LogP contribution in [0.2, 0.25) is 5.02 Å². The van der Waals surface area contributed by atoms with E-state index in [1.165, 1.54) is 0 Å². The van der Waals surface area contributed by atoms with Crippen LogP contribution in [0.15, 0.2) is 54.6 Å². The van der Waals surface area contributed by atoms with Crippen molar-refractivity contribution in [2.75, 3.05) is 5.32 Å². The van der Waals surface area contributed by atoms with Crippen LogP contribution in [0, 0.1) is 0 Å². The average molecular weight is 272 g/mol. The Bertz CT molecular complexity index is 605. The standard InChI is InChI=1S/C16H14ClNO/c17-14-9-5-4-8-13(14)16(10-11-16)15(19)18-12-6-2-1-3-7-12/h1-9H,10-11H2,(H,18,19). The molecule has 0 heterocycles. The summed E-state index contributed by atoms with van der Waals surface area (Å²) in [6, 6.07) is 17.1. The normalized spacial score (nSPS) is 15.8. The molecule has 0 atom stereocenters. The zero-order chi connectivity index (χ0) is 13.3. The molecule has 96 valence electrons. The quantitative estimate of drug-likeness (QED) is 0.898. The lowest BCUT2D eigenvalue weighted by atomic mass is 9.95. The van der Waals surface area contributed by atoms with E-state index in [0.717, 1.165) is 24.1 Å². The van der Waals surface area contributed by atoms with Crippen molar-refractivity contribution in [2.45, 2.75) is 18.3 Å². The molecule has 3 heteroatoms. The first kappa shape index (κ1) is 12.2. The Labute approximate surface area is 117 Å². The van der Waals surface area contributed by atoms with Gasteiger partial charge in [-0.15, -0.1) is 0 Å². The number of carbonyl (C=O) groups is 1. The highest BCUT2D eigenvalue weighted by Gasteiger charge is 2.52. The van der Waals surface area contributed by atoms with Crippen molar-refractivity contribution in [3.05, 3.63) is 65.2 Å². The first-order valence-corrected chi connectivity index (χ1v) is 6.72. The molecule has 2 aromatic rings. The molecule has 3 rings (SSSR count). The van der Waals surface area contributed by atoms with Crippen LogP contribution < -0.4 is 5.32 Å². The van der Waals surface area contributed by atoms with E-state index >= 15 is 0 Å². The monoisotopic (exact) mass is 271 g/mol. The van der Waals surface area contributed by atoms with E-state index in [4.69, 9.17) is 11.6 Å². The van der Waals surface area contributed by atoms with Crippen LogP contribution in [0.25, 0.3) is 0 Å². The van der Waals surface area contributed by atoms with Crippen LogP contribution in [0.3, 0.4) is 0 Å². The molecule has 0 saturated heterocycles. The van der Waals surface area contributed by atoms with Crippen LogP contribution in [0.4, 0.5) is 5.69 Å². The molecular formula is C16H14ClNO. The van der Waals surface area contributed by atoms with Gasteiger partial charge in [0, 0.05) is 10.7 Å². The zero-order valence-corrected chi connectivity index (χ0v) is 11.2. The fourth-order valence-corrected chi connectivity index (χ4v) is 2.68. The van der Waals surface area contributed by atoms with E-state index in [-0.39, 0.29) is 5.91 Å². The van der Waals surface area contributed by atoms with Crippen LogP contribution >= 0.6 is 11.6 Å². The lowest BCUT2D eigenvalue weighted by molar-refractivity contribution is -0.118. The number of anilines is 1. The Morgan fingerprint density at radius 1 is 1.00 bits per heavy atom. The summed E-state index contributed by atoms with van der Waals surface area (Å²) in [5, 5.41) is 3.64. The Hall–Kier alpha value is -1.80. The fraction of sp³-hybridized carbons (Fsp3) is 0.188. The van der Waals surface area contributed by atoms with Crippen molar-refractivity contribution in [1.82, 2.24) is 0 Å². The predicted molar refractivity (Wildman–Crippen MR) is 77.4 cm³/mol. The molecule has 19 heavy (non-hydrogen) atoms. The van der Waals surface area contributed by atoms with Crippen molar-refractivity contribution >= 4 is 23.2 Å². The Morgan fingerprint density at radius 3 is 2.26 bits per heavy atom. The van der Waals surface area contributed by atoms with Crippen LogP contribution in [-0.4, -0.2) is 5.91 Å². The van der Waals surface area contributed by atoms with Gasteiger partial charge in [0.05, 0.1) is 5.41 Å². The van der Waals surface area contributed by atoms with Crippen LogP contribution in [0.5, 0.6) is 0 Å². The summed E-state index contributed by atoms with van der Waals surface area (Å²) in [7, 11) is 0. The minimum Gasteiger partial charge on any atom is -0.325 e. The zero-order valence-electron chi connectivity index (χ0n) is 10.4. The molecule has 2 nitrogen and oxygen atoms in total. The third-order valence-corrected chi connectivity index (χ3v) is 3.94. The van der Waals surface area contributed by atoms with E-state index in [1.54, 1.807) is 0 Å². The number of hydrogen-bond donors (Lipinski definition) is 1. The molecule has 1 fully saturated rings. The van der Waals surface area contributed by atoms with Gasteiger partial charge in [0.25, 0.3) is 0 Å². The van der Waals surface area contributed by atoms with E-state index in [1.807, 2.05) is 54.6 Å². The largest absolute Gasteiger partial charge is 0.325 e. The summed E-state index contributed by atoms with van der Waals surface area (Å²) in [6.07, 6.45) is 1.71. The molecule has 0 aliphatic heterocycles.